The van der Waals surface area contributed by atoms with Crippen LogP contribution in [0.4, 0.5) is 11.4 Å². The monoisotopic (exact) mass is 636 g/mol. The van der Waals surface area contributed by atoms with Gasteiger partial charge in [0.25, 0.3) is 5.91 Å². The van der Waals surface area contributed by atoms with Crippen molar-refractivity contribution in [3.8, 4) is 0 Å². The predicted molar refractivity (Wildman–Crippen MR) is 186 cm³/mol. The number of hydrogen-bond acceptors (Lipinski definition) is 6. The van der Waals surface area contributed by atoms with Gasteiger partial charge < -0.3 is 14.6 Å². The first kappa shape index (κ1) is 34.1. The third-order valence-electron chi connectivity index (χ3n) is 10.0. The van der Waals surface area contributed by atoms with E-state index < -0.39 is 0 Å². The van der Waals surface area contributed by atoms with E-state index in [1.54, 1.807) is 12.1 Å². The largest absolute Gasteiger partial charge is 0.459 e. The number of nitrogens with one attached hydrogen (secondary N) is 1. The highest BCUT2D eigenvalue weighted by Crippen LogP contribution is 2.32. The number of allylic oxidation sites excluding steroid dienone is 1. The van der Waals surface area contributed by atoms with E-state index in [0.717, 1.165) is 63.6 Å². The van der Waals surface area contributed by atoms with Gasteiger partial charge in [0.15, 0.2) is 17.3 Å². The van der Waals surface area contributed by atoms with Crippen molar-refractivity contribution in [1.82, 2.24) is 0 Å². The Hall–Kier alpha value is -4.26. The van der Waals surface area contributed by atoms with Crippen LogP contribution in [0.1, 0.15) is 103 Å². The van der Waals surface area contributed by atoms with Gasteiger partial charge in [-0.05, 0) is 98.2 Å². The van der Waals surface area contributed by atoms with E-state index in [9.17, 15) is 19.2 Å². The first-order chi connectivity index (χ1) is 22.7. The molecule has 248 valence electrons. The number of amides is 1. The molecule has 3 aromatic rings. The van der Waals surface area contributed by atoms with Crippen LogP contribution in [0, 0.1) is 24.7 Å². The summed E-state index contributed by atoms with van der Waals surface area (Å²) >= 11 is 0. The second-order valence-corrected chi connectivity index (χ2v) is 13.5. The molecule has 2 aromatic carbocycles. The van der Waals surface area contributed by atoms with Crippen LogP contribution in [0.15, 0.2) is 77.4 Å². The molecule has 1 saturated carbocycles. The Morgan fingerprint density at radius 2 is 1.85 bits per heavy atom. The fourth-order valence-electron chi connectivity index (χ4n) is 7.13. The highest BCUT2D eigenvalue weighted by atomic mass is 16.3. The summed E-state index contributed by atoms with van der Waals surface area (Å²) in [6.45, 7) is 10.1. The molecule has 7 heteroatoms. The minimum atomic E-state index is -0.336. The molecule has 1 saturated heterocycles. The Kier molecular flexibility index (Phi) is 11.6. The number of aryl methyl sites for hydroxylation is 1. The number of ketones is 3. The fraction of sp³-hybridized carbons (Fsp3) is 0.450. The Bertz CT molecular complexity index is 1590. The van der Waals surface area contributed by atoms with E-state index in [0.29, 0.717) is 42.0 Å². The molecule has 0 radical (unpaired) electrons. The summed E-state index contributed by atoms with van der Waals surface area (Å²) in [5.74, 6) is 0.233. The molecular weight excluding hydrogens is 588 g/mol. The summed E-state index contributed by atoms with van der Waals surface area (Å²) < 4.78 is 5.35. The number of Topliss-reactive ketones (excluding diaryl/α,β-unsaturated/α-hetero) is 3. The number of anilines is 2. The van der Waals surface area contributed by atoms with Crippen molar-refractivity contribution in [3.05, 3.63) is 95.5 Å². The number of carbonyl (C=O) groups excluding carboxylic acids is 4. The average Bonchev–Trinajstić information content (AvgIpc) is 3.48. The summed E-state index contributed by atoms with van der Waals surface area (Å²) in [5, 5.41) is 3.04. The van der Waals surface area contributed by atoms with Crippen LogP contribution in [-0.4, -0.2) is 36.3 Å². The molecule has 1 aliphatic heterocycles. The molecule has 1 amide bonds. The SMILES string of the molecule is C=C1C(=O)CCC(=O)CC1CCCCC(C)C(=O)c1ccc(CC2CCCN(c3ccccc3C)CC2)c(NC(=O)c2ccco2)c1. The lowest BCUT2D eigenvalue weighted by molar-refractivity contribution is -0.121. The molecule has 3 unspecified atom stereocenters. The van der Waals surface area contributed by atoms with Crippen molar-refractivity contribution in [2.45, 2.75) is 84.5 Å². The molecule has 1 aromatic heterocycles. The van der Waals surface area contributed by atoms with Crippen molar-refractivity contribution >= 4 is 34.6 Å². The maximum absolute atomic E-state index is 13.6. The summed E-state index contributed by atoms with van der Waals surface area (Å²) in [4.78, 5) is 53.5. The summed E-state index contributed by atoms with van der Waals surface area (Å²) in [6.07, 6.45) is 9.61. The van der Waals surface area contributed by atoms with Crippen LogP contribution >= 0.6 is 0 Å². The van der Waals surface area contributed by atoms with Crippen molar-refractivity contribution in [1.29, 1.82) is 0 Å². The van der Waals surface area contributed by atoms with Gasteiger partial charge in [0.1, 0.15) is 5.78 Å². The lowest BCUT2D eigenvalue weighted by atomic mass is 9.87. The zero-order valence-electron chi connectivity index (χ0n) is 27.9. The van der Waals surface area contributed by atoms with Crippen molar-refractivity contribution < 1.29 is 23.6 Å². The lowest BCUT2D eigenvalue weighted by Crippen LogP contribution is -2.25. The predicted octanol–water partition coefficient (Wildman–Crippen LogP) is 8.56. The van der Waals surface area contributed by atoms with E-state index in [1.807, 2.05) is 25.1 Å². The fourth-order valence-corrected chi connectivity index (χ4v) is 7.13. The van der Waals surface area contributed by atoms with Crippen LogP contribution < -0.4 is 10.2 Å². The first-order valence-corrected chi connectivity index (χ1v) is 17.3. The van der Waals surface area contributed by atoms with Gasteiger partial charge in [0.2, 0.25) is 0 Å². The van der Waals surface area contributed by atoms with Gasteiger partial charge in [-0.25, -0.2) is 0 Å². The van der Waals surface area contributed by atoms with Crippen molar-refractivity contribution in [2.75, 3.05) is 23.3 Å². The van der Waals surface area contributed by atoms with Gasteiger partial charge in [0.05, 0.1) is 6.26 Å². The second kappa shape index (κ2) is 16.0. The summed E-state index contributed by atoms with van der Waals surface area (Å²) in [7, 11) is 0. The normalized spacial score (nSPS) is 19.6. The molecular formula is C40H48N2O5. The minimum Gasteiger partial charge on any atom is -0.459 e. The van der Waals surface area contributed by atoms with Gasteiger partial charge in [-0.15, -0.1) is 0 Å². The average molecular weight is 637 g/mol. The summed E-state index contributed by atoms with van der Waals surface area (Å²) in [5.41, 5.74) is 5.44. The quantitative estimate of drug-likeness (QED) is 0.0926. The van der Waals surface area contributed by atoms with Crippen LogP contribution in [0.25, 0.3) is 0 Å². The number of para-hydroxylation sites is 1. The van der Waals surface area contributed by atoms with Crippen LogP contribution in [0.5, 0.6) is 0 Å². The van der Waals surface area contributed by atoms with E-state index in [2.05, 4.69) is 48.0 Å². The maximum Gasteiger partial charge on any atom is 0.291 e. The van der Waals surface area contributed by atoms with E-state index >= 15 is 0 Å². The van der Waals surface area contributed by atoms with Crippen molar-refractivity contribution in [3.63, 3.8) is 0 Å². The van der Waals surface area contributed by atoms with Gasteiger partial charge in [0, 0.05) is 55.2 Å². The van der Waals surface area contributed by atoms with E-state index in [1.165, 1.54) is 17.5 Å². The van der Waals surface area contributed by atoms with Gasteiger partial charge >= 0.3 is 0 Å². The molecule has 2 aliphatic rings. The molecule has 0 bridgehead atoms. The van der Waals surface area contributed by atoms with Crippen LogP contribution in [0.2, 0.25) is 0 Å². The molecule has 0 spiro atoms. The highest BCUT2D eigenvalue weighted by Gasteiger charge is 2.26. The molecule has 2 fully saturated rings. The molecule has 7 nitrogen and oxygen atoms in total. The minimum absolute atomic E-state index is 0.00562. The van der Waals surface area contributed by atoms with E-state index in [-0.39, 0.29) is 47.3 Å². The topological polar surface area (TPSA) is 96.7 Å². The number of nitrogens with zero attached hydrogens (tertiary/aromatic N) is 1. The third kappa shape index (κ3) is 8.97. The Morgan fingerprint density at radius 3 is 2.64 bits per heavy atom. The second-order valence-electron chi connectivity index (χ2n) is 13.5. The zero-order valence-corrected chi connectivity index (χ0v) is 27.9. The van der Waals surface area contributed by atoms with Gasteiger partial charge in [-0.1, -0.05) is 56.7 Å². The smallest absolute Gasteiger partial charge is 0.291 e. The Labute approximate surface area is 278 Å². The number of carbonyl (C=O) groups is 4. The number of unbranched alkanes of at least 4 members (excludes halogenated alkanes) is 1. The standard InChI is InChI=1S/C40H48N2O5/c1-27-10-5-7-14-36(27)42-21-8-12-30(20-22-42)24-32-16-17-33(26-35(32)41-40(46)38-15-9-23-47-38)39(45)28(2)11-4-6-13-31-25-34(43)18-19-37(44)29(31)3/h5,7,9-10,14-17,23,26,28,30-31H,3-4,6,8,11-13,18-22,24-25H2,1-2H3,(H,41,46). The van der Waals surface area contributed by atoms with Crippen LogP contribution in [0.3, 0.4) is 0 Å². The number of hydrogen-bond donors (Lipinski definition) is 1. The van der Waals surface area contributed by atoms with Gasteiger partial charge in [-0.2, -0.15) is 0 Å². The number of rotatable bonds is 12. The van der Waals surface area contributed by atoms with E-state index in [4.69, 9.17) is 4.42 Å². The number of benzene rings is 2. The highest BCUT2D eigenvalue weighted by molar-refractivity contribution is 6.04. The summed E-state index contributed by atoms with van der Waals surface area (Å²) in [6, 6.07) is 17.6. The molecule has 1 aliphatic carbocycles. The lowest BCUT2D eigenvalue weighted by Gasteiger charge is -2.25. The Balaban J connectivity index is 1.23. The molecule has 1 N–H and O–H groups in total. The molecule has 5 rings (SSSR count). The third-order valence-corrected chi connectivity index (χ3v) is 10.0. The first-order valence-electron chi connectivity index (χ1n) is 17.3. The van der Waals surface area contributed by atoms with Gasteiger partial charge in [-0.3, -0.25) is 19.2 Å². The molecule has 47 heavy (non-hydrogen) atoms. The zero-order chi connectivity index (χ0) is 33.3. The maximum atomic E-state index is 13.6. The molecule has 2 heterocycles. The Morgan fingerprint density at radius 1 is 1.02 bits per heavy atom. The van der Waals surface area contributed by atoms with Crippen molar-refractivity contribution in [2.24, 2.45) is 17.8 Å². The molecule has 3 atom stereocenters. The van der Waals surface area contributed by atoms with Crippen LogP contribution in [-0.2, 0) is 16.0 Å². The number of furan rings is 1.